The highest BCUT2D eigenvalue weighted by Gasteiger charge is 2.40. The molecule has 0 bridgehead atoms. The summed E-state index contributed by atoms with van der Waals surface area (Å²) in [7, 11) is 0. The van der Waals surface area contributed by atoms with E-state index in [0.717, 1.165) is 11.1 Å². The standard InChI is InChI=1S/C15H17F3N2O2/c1-10-2-4-11(5-3-10)7-19-14(22)12-6-13(21)20(8-12)9-15(16,17)18/h2-5,12H,6-9H2,1H3,(H,19,22)/t12-/m0/s1. The van der Waals surface area contributed by atoms with E-state index in [-0.39, 0.29) is 13.0 Å². The topological polar surface area (TPSA) is 49.4 Å². The van der Waals surface area contributed by atoms with E-state index in [4.69, 9.17) is 0 Å². The number of amides is 2. The van der Waals surface area contributed by atoms with Crippen molar-refractivity contribution in [1.82, 2.24) is 10.2 Å². The van der Waals surface area contributed by atoms with Crippen LogP contribution in [0.4, 0.5) is 13.2 Å². The van der Waals surface area contributed by atoms with E-state index in [1.807, 2.05) is 31.2 Å². The Morgan fingerprint density at radius 1 is 1.32 bits per heavy atom. The fraction of sp³-hybridized carbons (Fsp3) is 0.467. The third kappa shape index (κ3) is 4.47. The summed E-state index contributed by atoms with van der Waals surface area (Å²) < 4.78 is 36.9. The lowest BCUT2D eigenvalue weighted by molar-refractivity contribution is -0.157. The number of nitrogens with zero attached hydrogens (tertiary/aromatic N) is 1. The molecule has 22 heavy (non-hydrogen) atoms. The van der Waals surface area contributed by atoms with Gasteiger partial charge >= 0.3 is 6.18 Å². The Bertz CT molecular complexity index is 555. The molecule has 1 aromatic carbocycles. The predicted octanol–water partition coefficient (Wildman–Crippen LogP) is 2.02. The number of hydrogen-bond acceptors (Lipinski definition) is 2. The lowest BCUT2D eigenvalue weighted by Gasteiger charge is -2.18. The minimum Gasteiger partial charge on any atom is -0.352 e. The summed E-state index contributed by atoms with van der Waals surface area (Å²) in [6, 6.07) is 7.55. The van der Waals surface area contributed by atoms with Crippen LogP contribution in [-0.2, 0) is 16.1 Å². The second-order valence-electron chi connectivity index (χ2n) is 5.49. The minimum atomic E-state index is -4.44. The van der Waals surface area contributed by atoms with Gasteiger partial charge in [-0.1, -0.05) is 29.8 Å². The molecule has 0 aliphatic carbocycles. The van der Waals surface area contributed by atoms with E-state index in [9.17, 15) is 22.8 Å². The first kappa shape index (κ1) is 16.3. The SMILES string of the molecule is Cc1ccc(CNC(=O)[C@H]2CC(=O)N(CC(F)(F)F)C2)cc1. The van der Waals surface area contributed by atoms with Gasteiger partial charge in [0.05, 0.1) is 5.92 Å². The first-order valence-electron chi connectivity index (χ1n) is 6.92. The van der Waals surface area contributed by atoms with E-state index >= 15 is 0 Å². The summed E-state index contributed by atoms with van der Waals surface area (Å²) in [5, 5.41) is 2.67. The van der Waals surface area contributed by atoms with Crippen molar-refractivity contribution in [3.05, 3.63) is 35.4 Å². The fourth-order valence-corrected chi connectivity index (χ4v) is 2.36. The third-order valence-electron chi connectivity index (χ3n) is 3.54. The van der Waals surface area contributed by atoms with Gasteiger partial charge in [-0.25, -0.2) is 0 Å². The molecule has 1 saturated heterocycles. The van der Waals surface area contributed by atoms with E-state index in [1.165, 1.54) is 0 Å². The van der Waals surface area contributed by atoms with Crippen molar-refractivity contribution in [2.75, 3.05) is 13.1 Å². The molecule has 1 aliphatic heterocycles. The number of benzene rings is 1. The number of aryl methyl sites for hydroxylation is 1. The van der Waals surface area contributed by atoms with Crippen LogP contribution in [-0.4, -0.2) is 36.0 Å². The second-order valence-corrected chi connectivity index (χ2v) is 5.49. The summed E-state index contributed by atoms with van der Waals surface area (Å²) in [6.07, 6.45) is -4.61. The zero-order valence-electron chi connectivity index (χ0n) is 12.1. The van der Waals surface area contributed by atoms with E-state index in [2.05, 4.69) is 5.32 Å². The van der Waals surface area contributed by atoms with Crippen LogP contribution in [0.15, 0.2) is 24.3 Å². The lowest BCUT2D eigenvalue weighted by Crippen LogP contribution is -2.37. The van der Waals surface area contributed by atoms with Gasteiger partial charge in [-0.05, 0) is 12.5 Å². The zero-order valence-corrected chi connectivity index (χ0v) is 12.1. The van der Waals surface area contributed by atoms with Crippen molar-refractivity contribution < 1.29 is 22.8 Å². The van der Waals surface area contributed by atoms with E-state index < -0.39 is 30.5 Å². The molecule has 1 aliphatic rings. The number of rotatable bonds is 4. The Morgan fingerprint density at radius 3 is 2.55 bits per heavy atom. The Labute approximate surface area is 126 Å². The van der Waals surface area contributed by atoms with Gasteiger partial charge in [0.15, 0.2) is 0 Å². The number of carbonyl (C=O) groups excluding carboxylic acids is 2. The quantitative estimate of drug-likeness (QED) is 0.924. The van der Waals surface area contributed by atoms with Gasteiger partial charge in [-0.15, -0.1) is 0 Å². The van der Waals surface area contributed by atoms with Crippen LogP contribution in [0.3, 0.4) is 0 Å². The molecule has 4 nitrogen and oxygen atoms in total. The molecule has 120 valence electrons. The molecule has 2 amide bonds. The molecular formula is C15H17F3N2O2. The van der Waals surface area contributed by atoms with Gasteiger partial charge in [0, 0.05) is 19.5 Å². The van der Waals surface area contributed by atoms with Crippen molar-refractivity contribution in [3.63, 3.8) is 0 Å². The summed E-state index contributed by atoms with van der Waals surface area (Å²) in [5.41, 5.74) is 2.00. The van der Waals surface area contributed by atoms with Crippen LogP contribution in [0, 0.1) is 12.8 Å². The van der Waals surface area contributed by atoms with E-state index in [1.54, 1.807) is 0 Å². The van der Waals surface area contributed by atoms with Gasteiger partial charge in [-0.2, -0.15) is 13.2 Å². The largest absolute Gasteiger partial charge is 0.406 e. The van der Waals surface area contributed by atoms with Crippen LogP contribution < -0.4 is 5.32 Å². The predicted molar refractivity (Wildman–Crippen MR) is 73.8 cm³/mol. The van der Waals surface area contributed by atoms with Crippen LogP contribution in [0.25, 0.3) is 0 Å². The van der Waals surface area contributed by atoms with Crippen molar-refractivity contribution in [2.24, 2.45) is 5.92 Å². The number of halogens is 3. The molecule has 0 radical (unpaired) electrons. The number of alkyl halides is 3. The average molecular weight is 314 g/mol. The Hall–Kier alpha value is -2.05. The molecule has 0 saturated carbocycles. The molecule has 1 N–H and O–H groups in total. The summed E-state index contributed by atoms with van der Waals surface area (Å²) >= 11 is 0. The summed E-state index contributed by atoms with van der Waals surface area (Å²) in [6.45, 7) is 0.760. The maximum Gasteiger partial charge on any atom is 0.406 e. The molecule has 1 heterocycles. The molecule has 2 rings (SSSR count). The first-order chi connectivity index (χ1) is 10.2. The lowest BCUT2D eigenvalue weighted by atomic mass is 10.1. The third-order valence-corrected chi connectivity index (χ3v) is 3.54. The fourth-order valence-electron chi connectivity index (χ4n) is 2.36. The first-order valence-corrected chi connectivity index (χ1v) is 6.92. The number of hydrogen-bond donors (Lipinski definition) is 1. The molecule has 0 unspecified atom stereocenters. The highest BCUT2D eigenvalue weighted by atomic mass is 19.4. The monoisotopic (exact) mass is 314 g/mol. The second kappa shape index (κ2) is 6.37. The van der Waals surface area contributed by atoms with Crippen LogP contribution in [0.5, 0.6) is 0 Å². The van der Waals surface area contributed by atoms with Crippen LogP contribution in [0.2, 0.25) is 0 Å². The minimum absolute atomic E-state index is 0.171. The van der Waals surface area contributed by atoms with Gasteiger partial charge in [0.1, 0.15) is 6.54 Å². The van der Waals surface area contributed by atoms with Gasteiger partial charge < -0.3 is 10.2 Å². The smallest absolute Gasteiger partial charge is 0.352 e. The number of likely N-dealkylation sites (tertiary alicyclic amines) is 1. The van der Waals surface area contributed by atoms with Crippen molar-refractivity contribution in [1.29, 1.82) is 0 Å². The van der Waals surface area contributed by atoms with E-state index in [0.29, 0.717) is 11.4 Å². The highest BCUT2D eigenvalue weighted by molar-refractivity contribution is 5.89. The molecule has 0 aromatic heterocycles. The van der Waals surface area contributed by atoms with Crippen molar-refractivity contribution in [3.8, 4) is 0 Å². The van der Waals surface area contributed by atoms with Crippen LogP contribution in [0.1, 0.15) is 17.5 Å². The Kier molecular flexibility index (Phi) is 4.73. The normalized spacial score (nSPS) is 18.6. The summed E-state index contributed by atoms with van der Waals surface area (Å²) in [4.78, 5) is 24.2. The van der Waals surface area contributed by atoms with Gasteiger partial charge in [0.2, 0.25) is 11.8 Å². The van der Waals surface area contributed by atoms with Crippen molar-refractivity contribution in [2.45, 2.75) is 26.1 Å². The molecular weight excluding hydrogens is 297 g/mol. The number of carbonyl (C=O) groups is 2. The van der Waals surface area contributed by atoms with Crippen molar-refractivity contribution >= 4 is 11.8 Å². The van der Waals surface area contributed by atoms with Gasteiger partial charge in [0.25, 0.3) is 0 Å². The molecule has 7 heteroatoms. The zero-order chi connectivity index (χ0) is 16.3. The van der Waals surface area contributed by atoms with Crippen LogP contribution >= 0.6 is 0 Å². The Balaban J connectivity index is 1.86. The molecule has 1 aromatic rings. The van der Waals surface area contributed by atoms with Gasteiger partial charge in [-0.3, -0.25) is 9.59 Å². The number of nitrogens with one attached hydrogen (secondary N) is 1. The average Bonchev–Trinajstić information content (AvgIpc) is 2.77. The molecule has 1 atom stereocenters. The molecule has 1 fully saturated rings. The maximum absolute atomic E-state index is 12.3. The molecule has 0 spiro atoms. The maximum atomic E-state index is 12.3. The Morgan fingerprint density at radius 2 is 1.95 bits per heavy atom. The summed E-state index contributed by atoms with van der Waals surface area (Å²) in [5.74, 6) is -1.74. The highest BCUT2D eigenvalue weighted by Crippen LogP contribution is 2.24.